The molecule has 1 aromatic rings. The molecule has 7 nitrogen and oxygen atoms in total. The predicted octanol–water partition coefficient (Wildman–Crippen LogP) is 0.554. The van der Waals surface area contributed by atoms with Crippen LogP contribution >= 0.6 is 0 Å². The maximum atomic E-state index is 12.2. The highest BCUT2D eigenvalue weighted by atomic mass is 16.5. The number of nitrogens with zero attached hydrogens (tertiary/aromatic N) is 1. The maximum absolute atomic E-state index is 12.2. The molecule has 1 aliphatic heterocycles. The van der Waals surface area contributed by atoms with Crippen LogP contribution in [-0.2, 0) is 9.59 Å². The lowest BCUT2D eigenvalue weighted by atomic mass is 10.1. The molecule has 0 saturated carbocycles. The van der Waals surface area contributed by atoms with Crippen LogP contribution in [0.5, 0.6) is 11.5 Å². The minimum Gasteiger partial charge on any atom is -0.493 e. The second kappa shape index (κ2) is 7.32. The highest BCUT2D eigenvalue weighted by Crippen LogP contribution is 2.34. The average Bonchev–Trinajstić information content (AvgIpc) is 2.95. The standard InChI is InChI=1S/C16H22N2O5/c1-10(9-19)17-16(21)11-6-15(20)18(8-11)12-4-5-13(22-2)14(7-12)23-3/h4-5,7,10-11,19H,6,8-9H2,1-3H3,(H,17,21). The van der Waals surface area contributed by atoms with Crippen molar-refractivity contribution in [2.45, 2.75) is 19.4 Å². The summed E-state index contributed by atoms with van der Waals surface area (Å²) in [7, 11) is 3.07. The number of methoxy groups -OCH3 is 2. The van der Waals surface area contributed by atoms with Gasteiger partial charge in [0, 0.05) is 30.8 Å². The quantitative estimate of drug-likeness (QED) is 0.799. The number of nitrogens with one attached hydrogen (secondary N) is 1. The van der Waals surface area contributed by atoms with Crippen molar-refractivity contribution >= 4 is 17.5 Å². The molecule has 7 heteroatoms. The Bertz CT molecular complexity index is 590. The third kappa shape index (κ3) is 3.73. The zero-order valence-corrected chi connectivity index (χ0v) is 13.5. The summed E-state index contributed by atoms with van der Waals surface area (Å²) in [5, 5.41) is 11.7. The Balaban J connectivity index is 2.13. The smallest absolute Gasteiger partial charge is 0.227 e. The minimum absolute atomic E-state index is 0.117. The fourth-order valence-electron chi connectivity index (χ4n) is 2.53. The Hall–Kier alpha value is -2.28. The molecule has 2 amide bonds. The zero-order valence-electron chi connectivity index (χ0n) is 13.5. The van der Waals surface area contributed by atoms with Crippen molar-refractivity contribution < 1.29 is 24.2 Å². The van der Waals surface area contributed by atoms with Gasteiger partial charge in [-0.05, 0) is 19.1 Å². The molecule has 2 rings (SSSR count). The highest BCUT2D eigenvalue weighted by Gasteiger charge is 2.35. The Morgan fingerprint density at radius 1 is 1.39 bits per heavy atom. The molecule has 1 saturated heterocycles. The highest BCUT2D eigenvalue weighted by molar-refractivity contribution is 6.00. The molecule has 2 atom stereocenters. The van der Waals surface area contributed by atoms with Gasteiger partial charge in [-0.25, -0.2) is 0 Å². The lowest BCUT2D eigenvalue weighted by molar-refractivity contribution is -0.127. The number of amides is 2. The summed E-state index contributed by atoms with van der Waals surface area (Å²) in [6, 6.07) is 4.87. The Morgan fingerprint density at radius 3 is 2.70 bits per heavy atom. The fourth-order valence-corrected chi connectivity index (χ4v) is 2.53. The van der Waals surface area contributed by atoms with Crippen molar-refractivity contribution in [1.29, 1.82) is 0 Å². The number of hydrogen-bond donors (Lipinski definition) is 2. The first-order chi connectivity index (χ1) is 11.0. The number of aliphatic hydroxyl groups is 1. The van der Waals surface area contributed by atoms with E-state index in [-0.39, 0.29) is 30.9 Å². The Morgan fingerprint density at radius 2 is 2.09 bits per heavy atom. The summed E-state index contributed by atoms with van der Waals surface area (Å²) in [5.41, 5.74) is 0.665. The largest absolute Gasteiger partial charge is 0.493 e. The summed E-state index contributed by atoms with van der Waals surface area (Å²) >= 11 is 0. The molecule has 0 spiro atoms. The van der Waals surface area contributed by atoms with Gasteiger partial charge in [0.05, 0.1) is 26.7 Å². The molecule has 23 heavy (non-hydrogen) atoms. The van der Waals surface area contributed by atoms with Crippen LogP contribution in [-0.4, -0.2) is 50.3 Å². The van der Waals surface area contributed by atoms with E-state index in [1.165, 1.54) is 7.11 Å². The van der Waals surface area contributed by atoms with Gasteiger partial charge in [0.1, 0.15) is 0 Å². The van der Waals surface area contributed by atoms with E-state index in [0.29, 0.717) is 23.7 Å². The van der Waals surface area contributed by atoms with Crippen LogP contribution in [0.25, 0.3) is 0 Å². The number of benzene rings is 1. The number of anilines is 1. The lowest BCUT2D eigenvalue weighted by Gasteiger charge is -2.19. The molecule has 0 radical (unpaired) electrons. The van der Waals surface area contributed by atoms with Crippen molar-refractivity contribution in [2.75, 3.05) is 32.3 Å². The van der Waals surface area contributed by atoms with E-state index in [0.717, 1.165) is 0 Å². The zero-order chi connectivity index (χ0) is 17.0. The van der Waals surface area contributed by atoms with Gasteiger partial charge in [0.25, 0.3) is 0 Å². The van der Waals surface area contributed by atoms with E-state index >= 15 is 0 Å². The molecule has 126 valence electrons. The SMILES string of the molecule is COc1ccc(N2CC(C(=O)NC(C)CO)CC2=O)cc1OC. The molecule has 1 fully saturated rings. The van der Waals surface area contributed by atoms with Crippen molar-refractivity contribution in [3.63, 3.8) is 0 Å². The average molecular weight is 322 g/mol. The molecular weight excluding hydrogens is 300 g/mol. The first kappa shape index (κ1) is 17.1. The van der Waals surface area contributed by atoms with E-state index < -0.39 is 5.92 Å². The van der Waals surface area contributed by atoms with Gasteiger partial charge in [-0.15, -0.1) is 0 Å². The van der Waals surface area contributed by atoms with Crippen LogP contribution in [0.2, 0.25) is 0 Å². The minimum atomic E-state index is -0.426. The summed E-state index contributed by atoms with van der Waals surface area (Å²) < 4.78 is 10.4. The van der Waals surface area contributed by atoms with E-state index in [2.05, 4.69) is 5.32 Å². The second-order valence-corrected chi connectivity index (χ2v) is 5.54. The summed E-state index contributed by atoms with van der Waals surface area (Å²) in [5.74, 6) is 0.343. The molecule has 1 aromatic carbocycles. The molecular formula is C16H22N2O5. The first-order valence-corrected chi connectivity index (χ1v) is 7.43. The van der Waals surface area contributed by atoms with Crippen LogP contribution in [0.4, 0.5) is 5.69 Å². The first-order valence-electron chi connectivity index (χ1n) is 7.43. The molecule has 1 aliphatic rings. The molecule has 2 unspecified atom stereocenters. The molecule has 2 N–H and O–H groups in total. The van der Waals surface area contributed by atoms with Crippen molar-refractivity contribution in [3.05, 3.63) is 18.2 Å². The Labute approximate surface area is 135 Å². The lowest BCUT2D eigenvalue weighted by Crippen LogP contribution is -2.40. The third-order valence-electron chi connectivity index (χ3n) is 3.84. The van der Waals surface area contributed by atoms with E-state index in [1.54, 1.807) is 37.1 Å². The predicted molar refractivity (Wildman–Crippen MR) is 84.7 cm³/mol. The number of aliphatic hydroxyl groups excluding tert-OH is 1. The maximum Gasteiger partial charge on any atom is 0.227 e. The van der Waals surface area contributed by atoms with E-state index in [1.807, 2.05) is 0 Å². The van der Waals surface area contributed by atoms with Gasteiger partial charge in [0.15, 0.2) is 11.5 Å². The molecule has 0 bridgehead atoms. The molecule has 1 heterocycles. The van der Waals surface area contributed by atoms with Gasteiger partial charge in [-0.2, -0.15) is 0 Å². The van der Waals surface area contributed by atoms with Crippen LogP contribution in [0.3, 0.4) is 0 Å². The molecule has 0 aromatic heterocycles. The second-order valence-electron chi connectivity index (χ2n) is 5.54. The topological polar surface area (TPSA) is 88.1 Å². The molecule has 0 aliphatic carbocycles. The van der Waals surface area contributed by atoms with Gasteiger partial charge in [0.2, 0.25) is 11.8 Å². The van der Waals surface area contributed by atoms with Crippen LogP contribution in [0.1, 0.15) is 13.3 Å². The van der Waals surface area contributed by atoms with Crippen LogP contribution < -0.4 is 19.7 Å². The summed E-state index contributed by atoms with van der Waals surface area (Å²) in [6.45, 7) is 1.88. The van der Waals surface area contributed by atoms with Crippen molar-refractivity contribution in [2.24, 2.45) is 5.92 Å². The van der Waals surface area contributed by atoms with Crippen molar-refractivity contribution in [3.8, 4) is 11.5 Å². The monoisotopic (exact) mass is 322 g/mol. The van der Waals surface area contributed by atoms with Gasteiger partial charge >= 0.3 is 0 Å². The van der Waals surface area contributed by atoms with E-state index in [9.17, 15) is 9.59 Å². The van der Waals surface area contributed by atoms with Crippen molar-refractivity contribution in [1.82, 2.24) is 5.32 Å². The number of hydrogen-bond acceptors (Lipinski definition) is 5. The summed E-state index contributed by atoms with van der Waals surface area (Å²) in [4.78, 5) is 25.9. The number of ether oxygens (including phenoxy) is 2. The van der Waals surface area contributed by atoms with Gasteiger partial charge < -0.3 is 24.8 Å². The summed E-state index contributed by atoms with van der Waals surface area (Å²) in [6.07, 6.45) is 0.151. The normalized spacial score (nSPS) is 18.7. The number of carbonyl (C=O) groups is 2. The number of rotatable bonds is 6. The number of carbonyl (C=O) groups excluding carboxylic acids is 2. The van der Waals surface area contributed by atoms with Gasteiger partial charge in [-0.3, -0.25) is 9.59 Å². The van der Waals surface area contributed by atoms with Crippen LogP contribution in [0, 0.1) is 5.92 Å². The van der Waals surface area contributed by atoms with E-state index in [4.69, 9.17) is 14.6 Å². The van der Waals surface area contributed by atoms with Crippen LogP contribution in [0.15, 0.2) is 18.2 Å². The Kier molecular flexibility index (Phi) is 5.44. The fraction of sp³-hybridized carbons (Fsp3) is 0.500. The third-order valence-corrected chi connectivity index (χ3v) is 3.84. The van der Waals surface area contributed by atoms with Gasteiger partial charge in [-0.1, -0.05) is 0 Å².